The lowest BCUT2D eigenvalue weighted by Gasteiger charge is -2.13. The second-order valence-corrected chi connectivity index (χ2v) is 4.35. The Morgan fingerprint density at radius 1 is 1.61 bits per heavy atom. The van der Waals surface area contributed by atoms with Crippen molar-refractivity contribution in [2.45, 2.75) is 12.5 Å². The Hall–Kier alpha value is -1.47. The molecule has 0 saturated carbocycles. The van der Waals surface area contributed by atoms with E-state index >= 15 is 0 Å². The summed E-state index contributed by atoms with van der Waals surface area (Å²) in [5, 5.41) is 11.2. The molecular formula is C11H13BrN2O4. The van der Waals surface area contributed by atoms with Crippen molar-refractivity contribution in [3.8, 4) is 0 Å². The fourth-order valence-electron chi connectivity index (χ4n) is 1.28. The highest BCUT2D eigenvalue weighted by atomic mass is 79.9. The maximum absolute atomic E-state index is 11.8. The number of aliphatic carboxylic acids is 1. The quantitative estimate of drug-likeness (QED) is 0.819. The van der Waals surface area contributed by atoms with Crippen LogP contribution in [-0.2, 0) is 9.53 Å². The van der Waals surface area contributed by atoms with Gasteiger partial charge in [-0.05, 0) is 28.1 Å². The van der Waals surface area contributed by atoms with E-state index in [1.165, 1.54) is 13.3 Å². The molecule has 6 nitrogen and oxygen atoms in total. The number of carbonyl (C=O) groups excluding carboxylic acids is 1. The molecule has 0 aliphatic heterocycles. The molecule has 1 heterocycles. The Balaban J connectivity index is 2.55. The van der Waals surface area contributed by atoms with Gasteiger partial charge in [0.2, 0.25) is 0 Å². The number of rotatable bonds is 6. The summed E-state index contributed by atoms with van der Waals surface area (Å²) in [6.45, 7) is 0.116. The Morgan fingerprint density at radius 3 is 2.89 bits per heavy atom. The first kappa shape index (κ1) is 14.6. The van der Waals surface area contributed by atoms with Crippen molar-refractivity contribution < 1.29 is 19.4 Å². The molecule has 1 aromatic heterocycles. The van der Waals surface area contributed by atoms with E-state index in [0.29, 0.717) is 4.47 Å². The van der Waals surface area contributed by atoms with Crippen LogP contribution in [-0.4, -0.2) is 41.7 Å². The highest BCUT2D eigenvalue weighted by Crippen LogP contribution is 2.12. The molecule has 1 rings (SSSR count). The van der Waals surface area contributed by atoms with Crippen LogP contribution >= 0.6 is 15.9 Å². The lowest BCUT2D eigenvalue weighted by atomic mass is 10.2. The number of nitrogens with one attached hydrogen (secondary N) is 1. The number of carboxylic acid groups (broad SMARTS) is 1. The third-order valence-corrected chi connectivity index (χ3v) is 2.84. The molecule has 0 aliphatic rings. The van der Waals surface area contributed by atoms with E-state index in [9.17, 15) is 9.59 Å². The number of halogens is 1. The Morgan fingerprint density at radius 2 is 2.33 bits per heavy atom. The first-order valence-corrected chi connectivity index (χ1v) is 5.97. The highest BCUT2D eigenvalue weighted by molar-refractivity contribution is 9.10. The average molecular weight is 317 g/mol. The molecular weight excluding hydrogens is 304 g/mol. The number of amides is 1. The van der Waals surface area contributed by atoms with E-state index in [4.69, 9.17) is 9.84 Å². The van der Waals surface area contributed by atoms with E-state index < -0.39 is 12.1 Å². The molecule has 2 N–H and O–H groups in total. The molecule has 7 heteroatoms. The molecule has 0 saturated heterocycles. The monoisotopic (exact) mass is 316 g/mol. The van der Waals surface area contributed by atoms with Crippen molar-refractivity contribution in [3.05, 3.63) is 28.5 Å². The lowest BCUT2D eigenvalue weighted by Crippen LogP contribution is -2.35. The second-order valence-electron chi connectivity index (χ2n) is 3.50. The number of ether oxygens (including phenoxy) is 1. The fraction of sp³-hybridized carbons (Fsp3) is 0.364. The number of hydrogen-bond donors (Lipinski definition) is 2. The number of hydrogen-bond acceptors (Lipinski definition) is 4. The first-order chi connectivity index (χ1) is 8.54. The molecule has 0 fully saturated rings. The standard InChI is InChI=1S/C11H13BrN2O4/c1-18-7(5-9(15)16)6-14-11(17)10-8(12)3-2-4-13-10/h2-4,7H,5-6H2,1H3,(H,14,17)(H,15,16). The number of aromatic nitrogens is 1. The van der Waals surface area contributed by atoms with Crippen molar-refractivity contribution in [1.29, 1.82) is 0 Å². The van der Waals surface area contributed by atoms with Crippen LogP contribution in [0, 0.1) is 0 Å². The van der Waals surface area contributed by atoms with Crippen molar-refractivity contribution >= 4 is 27.8 Å². The van der Waals surface area contributed by atoms with Gasteiger partial charge in [0, 0.05) is 24.3 Å². The van der Waals surface area contributed by atoms with Crippen LogP contribution in [0.5, 0.6) is 0 Å². The molecule has 0 bridgehead atoms. The van der Waals surface area contributed by atoms with Crippen LogP contribution < -0.4 is 5.32 Å². The SMILES string of the molecule is COC(CNC(=O)c1ncccc1Br)CC(=O)O. The largest absolute Gasteiger partial charge is 0.481 e. The number of carboxylic acids is 1. The zero-order chi connectivity index (χ0) is 13.5. The topological polar surface area (TPSA) is 88.5 Å². The third kappa shape index (κ3) is 4.42. The van der Waals surface area contributed by atoms with Gasteiger partial charge in [0.05, 0.1) is 12.5 Å². The van der Waals surface area contributed by atoms with Gasteiger partial charge >= 0.3 is 5.97 Å². The summed E-state index contributed by atoms with van der Waals surface area (Å²) in [6.07, 6.45) is 0.777. The normalized spacial score (nSPS) is 11.9. The molecule has 98 valence electrons. The molecule has 0 aromatic carbocycles. The number of methoxy groups -OCH3 is 1. The van der Waals surface area contributed by atoms with E-state index in [-0.39, 0.29) is 24.6 Å². The van der Waals surface area contributed by atoms with Gasteiger partial charge in [0.1, 0.15) is 5.69 Å². The summed E-state index contributed by atoms with van der Waals surface area (Å²) in [7, 11) is 1.40. The average Bonchev–Trinajstić information content (AvgIpc) is 2.34. The van der Waals surface area contributed by atoms with Crippen LogP contribution in [0.4, 0.5) is 0 Å². The van der Waals surface area contributed by atoms with E-state index in [0.717, 1.165) is 0 Å². The number of pyridine rings is 1. The summed E-state index contributed by atoms with van der Waals surface area (Å²) < 4.78 is 5.53. The molecule has 1 atom stereocenters. The minimum atomic E-state index is -0.977. The van der Waals surface area contributed by atoms with Gasteiger partial charge in [-0.1, -0.05) is 0 Å². The summed E-state index contributed by atoms with van der Waals surface area (Å²) in [5.74, 6) is -1.36. The zero-order valence-corrected chi connectivity index (χ0v) is 11.3. The van der Waals surface area contributed by atoms with Crippen LogP contribution in [0.2, 0.25) is 0 Å². The molecule has 0 radical (unpaired) electrons. The summed E-state index contributed by atoms with van der Waals surface area (Å²) in [4.78, 5) is 26.2. The van der Waals surface area contributed by atoms with Crippen molar-refractivity contribution in [2.24, 2.45) is 0 Å². The van der Waals surface area contributed by atoms with Crippen LogP contribution in [0.15, 0.2) is 22.8 Å². The van der Waals surface area contributed by atoms with Crippen LogP contribution in [0.1, 0.15) is 16.9 Å². The number of nitrogens with zero attached hydrogens (tertiary/aromatic N) is 1. The first-order valence-electron chi connectivity index (χ1n) is 5.18. The van der Waals surface area contributed by atoms with Gasteiger partial charge < -0.3 is 15.2 Å². The maximum atomic E-state index is 11.8. The highest BCUT2D eigenvalue weighted by Gasteiger charge is 2.16. The minimum absolute atomic E-state index is 0.116. The lowest BCUT2D eigenvalue weighted by molar-refractivity contribution is -0.139. The number of carbonyl (C=O) groups is 2. The van der Waals surface area contributed by atoms with Gasteiger partial charge in [-0.15, -0.1) is 0 Å². The molecule has 1 amide bonds. The predicted molar refractivity (Wildman–Crippen MR) is 67.3 cm³/mol. The van der Waals surface area contributed by atoms with Gasteiger partial charge in [-0.3, -0.25) is 9.59 Å². The van der Waals surface area contributed by atoms with Gasteiger partial charge in [0.25, 0.3) is 5.91 Å². The Kier molecular flexibility index (Phi) is 5.73. The molecule has 18 heavy (non-hydrogen) atoms. The molecule has 0 aliphatic carbocycles. The van der Waals surface area contributed by atoms with Crippen molar-refractivity contribution in [3.63, 3.8) is 0 Å². The Labute approximate surface area is 112 Å². The van der Waals surface area contributed by atoms with Gasteiger partial charge in [-0.25, -0.2) is 4.98 Å². The van der Waals surface area contributed by atoms with E-state index in [1.54, 1.807) is 12.1 Å². The van der Waals surface area contributed by atoms with Crippen LogP contribution in [0.25, 0.3) is 0 Å². The van der Waals surface area contributed by atoms with Crippen molar-refractivity contribution in [2.75, 3.05) is 13.7 Å². The second kappa shape index (κ2) is 7.07. The van der Waals surface area contributed by atoms with Crippen LogP contribution in [0.3, 0.4) is 0 Å². The minimum Gasteiger partial charge on any atom is -0.481 e. The zero-order valence-electron chi connectivity index (χ0n) is 9.72. The third-order valence-electron chi connectivity index (χ3n) is 2.20. The summed E-state index contributed by atoms with van der Waals surface area (Å²) in [6, 6.07) is 3.40. The molecule has 1 unspecified atom stereocenters. The van der Waals surface area contributed by atoms with Gasteiger partial charge in [0.15, 0.2) is 0 Å². The fourth-order valence-corrected chi connectivity index (χ4v) is 1.71. The Bertz CT molecular complexity index is 439. The predicted octanol–water partition coefficient (Wildman–Crippen LogP) is 1.06. The smallest absolute Gasteiger partial charge is 0.306 e. The maximum Gasteiger partial charge on any atom is 0.306 e. The van der Waals surface area contributed by atoms with E-state index in [2.05, 4.69) is 26.2 Å². The van der Waals surface area contributed by atoms with E-state index in [1.807, 2.05) is 0 Å². The summed E-state index contributed by atoms with van der Waals surface area (Å²) >= 11 is 3.21. The summed E-state index contributed by atoms with van der Waals surface area (Å²) in [5.41, 5.74) is 0.252. The van der Waals surface area contributed by atoms with Gasteiger partial charge in [-0.2, -0.15) is 0 Å². The van der Waals surface area contributed by atoms with Crippen molar-refractivity contribution in [1.82, 2.24) is 10.3 Å². The molecule has 1 aromatic rings. The molecule has 0 spiro atoms.